The van der Waals surface area contributed by atoms with Crippen molar-refractivity contribution in [1.82, 2.24) is 0 Å². The molecule has 2 aromatic rings. The standard InChI is InChI=1S/C15H16BrN/c1-17(12-13-7-3-2-4-8-13)15-10-6-5-9-14(15)11-16/h2-10H,11-12H2,1H3. The summed E-state index contributed by atoms with van der Waals surface area (Å²) in [6, 6.07) is 19.0. The van der Waals surface area contributed by atoms with Crippen LogP contribution < -0.4 is 4.90 Å². The SMILES string of the molecule is CN(Cc1ccccc1)c1ccccc1CBr. The van der Waals surface area contributed by atoms with Gasteiger partial charge in [0.1, 0.15) is 0 Å². The summed E-state index contributed by atoms with van der Waals surface area (Å²) in [6.07, 6.45) is 0. The molecule has 0 radical (unpaired) electrons. The Morgan fingerprint density at radius 2 is 1.59 bits per heavy atom. The van der Waals surface area contributed by atoms with Gasteiger partial charge < -0.3 is 4.90 Å². The van der Waals surface area contributed by atoms with Crippen molar-refractivity contribution < 1.29 is 0 Å². The Hall–Kier alpha value is -1.28. The summed E-state index contributed by atoms with van der Waals surface area (Å²) < 4.78 is 0. The van der Waals surface area contributed by atoms with Crippen molar-refractivity contribution in [3.8, 4) is 0 Å². The quantitative estimate of drug-likeness (QED) is 0.762. The Balaban J connectivity index is 2.17. The minimum Gasteiger partial charge on any atom is -0.370 e. The summed E-state index contributed by atoms with van der Waals surface area (Å²) >= 11 is 3.54. The number of hydrogen-bond donors (Lipinski definition) is 0. The van der Waals surface area contributed by atoms with Gasteiger partial charge in [0.15, 0.2) is 0 Å². The van der Waals surface area contributed by atoms with Gasteiger partial charge in [-0.2, -0.15) is 0 Å². The predicted octanol–water partition coefficient (Wildman–Crippen LogP) is 4.22. The molecule has 88 valence electrons. The Labute approximate surface area is 111 Å². The molecule has 0 spiro atoms. The fourth-order valence-corrected chi connectivity index (χ4v) is 2.41. The van der Waals surface area contributed by atoms with E-state index >= 15 is 0 Å². The summed E-state index contributed by atoms with van der Waals surface area (Å²) in [5, 5.41) is 0.891. The molecule has 0 unspecified atom stereocenters. The molecule has 0 saturated carbocycles. The van der Waals surface area contributed by atoms with Gasteiger partial charge in [0.25, 0.3) is 0 Å². The second kappa shape index (κ2) is 5.87. The van der Waals surface area contributed by atoms with Gasteiger partial charge in [-0.05, 0) is 17.2 Å². The highest BCUT2D eigenvalue weighted by Crippen LogP contribution is 2.22. The van der Waals surface area contributed by atoms with E-state index in [0.29, 0.717) is 0 Å². The zero-order valence-electron chi connectivity index (χ0n) is 9.94. The van der Waals surface area contributed by atoms with E-state index in [4.69, 9.17) is 0 Å². The number of halogens is 1. The Bertz CT molecular complexity index is 467. The van der Waals surface area contributed by atoms with Crippen LogP contribution in [0.1, 0.15) is 11.1 Å². The average molecular weight is 290 g/mol. The largest absolute Gasteiger partial charge is 0.370 e. The molecular formula is C15H16BrN. The second-order valence-corrected chi connectivity index (χ2v) is 4.66. The van der Waals surface area contributed by atoms with Gasteiger partial charge in [-0.3, -0.25) is 0 Å². The summed E-state index contributed by atoms with van der Waals surface area (Å²) in [4.78, 5) is 2.28. The first-order chi connectivity index (χ1) is 8.31. The van der Waals surface area contributed by atoms with Crippen molar-refractivity contribution in [3.05, 3.63) is 65.7 Å². The number of hydrogen-bond acceptors (Lipinski definition) is 1. The molecule has 0 aliphatic carbocycles. The third kappa shape index (κ3) is 3.10. The Kier molecular flexibility index (Phi) is 4.21. The van der Waals surface area contributed by atoms with Crippen LogP contribution in [0.2, 0.25) is 0 Å². The first-order valence-electron chi connectivity index (χ1n) is 5.70. The monoisotopic (exact) mass is 289 g/mol. The van der Waals surface area contributed by atoms with E-state index in [1.165, 1.54) is 16.8 Å². The molecule has 0 bridgehead atoms. The molecule has 2 heteroatoms. The maximum absolute atomic E-state index is 3.54. The van der Waals surface area contributed by atoms with Crippen molar-refractivity contribution in [2.75, 3.05) is 11.9 Å². The highest BCUT2D eigenvalue weighted by atomic mass is 79.9. The summed E-state index contributed by atoms with van der Waals surface area (Å²) in [7, 11) is 2.13. The van der Waals surface area contributed by atoms with Crippen molar-refractivity contribution >= 4 is 21.6 Å². The summed E-state index contributed by atoms with van der Waals surface area (Å²) in [5.74, 6) is 0. The summed E-state index contributed by atoms with van der Waals surface area (Å²) in [5.41, 5.74) is 3.94. The van der Waals surface area contributed by atoms with Crippen molar-refractivity contribution in [3.63, 3.8) is 0 Å². The number of alkyl halides is 1. The molecule has 0 saturated heterocycles. The van der Waals surface area contributed by atoms with Crippen molar-refractivity contribution in [2.45, 2.75) is 11.9 Å². The lowest BCUT2D eigenvalue weighted by atomic mass is 10.1. The average Bonchev–Trinajstić information content (AvgIpc) is 2.40. The van der Waals surface area contributed by atoms with Gasteiger partial charge in [0.05, 0.1) is 0 Å². The number of anilines is 1. The van der Waals surface area contributed by atoms with Crippen LogP contribution in [0.15, 0.2) is 54.6 Å². The lowest BCUT2D eigenvalue weighted by Crippen LogP contribution is -2.17. The van der Waals surface area contributed by atoms with Crippen LogP contribution in [0.25, 0.3) is 0 Å². The van der Waals surface area contributed by atoms with Crippen LogP contribution in [0.3, 0.4) is 0 Å². The van der Waals surface area contributed by atoms with E-state index in [2.05, 4.69) is 82.5 Å². The van der Waals surface area contributed by atoms with Crippen LogP contribution in [-0.2, 0) is 11.9 Å². The molecule has 0 aliphatic heterocycles. The number of rotatable bonds is 4. The highest BCUT2D eigenvalue weighted by Gasteiger charge is 2.06. The van der Waals surface area contributed by atoms with Crippen LogP contribution in [0.4, 0.5) is 5.69 Å². The van der Waals surface area contributed by atoms with Crippen LogP contribution in [-0.4, -0.2) is 7.05 Å². The molecule has 0 amide bonds. The van der Waals surface area contributed by atoms with E-state index < -0.39 is 0 Å². The molecule has 0 aliphatic rings. The van der Waals surface area contributed by atoms with Gasteiger partial charge in [0.2, 0.25) is 0 Å². The minimum absolute atomic E-state index is 0.891. The fraction of sp³-hybridized carbons (Fsp3) is 0.200. The maximum atomic E-state index is 3.54. The zero-order chi connectivity index (χ0) is 12.1. The van der Waals surface area contributed by atoms with Crippen LogP contribution in [0.5, 0.6) is 0 Å². The van der Waals surface area contributed by atoms with Gasteiger partial charge in [-0.1, -0.05) is 64.5 Å². The first kappa shape index (κ1) is 12.2. The van der Waals surface area contributed by atoms with Crippen molar-refractivity contribution in [1.29, 1.82) is 0 Å². The van der Waals surface area contributed by atoms with Crippen LogP contribution in [0, 0.1) is 0 Å². The molecule has 0 aromatic heterocycles. The molecule has 1 nitrogen and oxygen atoms in total. The molecule has 0 atom stereocenters. The maximum Gasteiger partial charge on any atom is 0.0426 e. The number of para-hydroxylation sites is 1. The molecule has 0 fully saturated rings. The molecule has 0 heterocycles. The smallest absolute Gasteiger partial charge is 0.0426 e. The first-order valence-corrected chi connectivity index (χ1v) is 6.82. The molecule has 2 rings (SSSR count). The molecule has 0 N–H and O–H groups in total. The molecular weight excluding hydrogens is 274 g/mol. The number of nitrogens with zero attached hydrogens (tertiary/aromatic N) is 1. The lowest BCUT2D eigenvalue weighted by molar-refractivity contribution is 0.917. The third-order valence-electron chi connectivity index (χ3n) is 2.81. The molecule has 2 aromatic carbocycles. The highest BCUT2D eigenvalue weighted by molar-refractivity contribution is 9.08. The summed E-state index contributed by atoms with van der Waals surface area (Å²) in [6.45, 7) is 0.935. The van der Waals surface area contributed by atoms with Crippen LogP contribution >= 0.6 is 15.9 Å². The lowest BCUT2D eigenvalue weighted by Gasteiger charge is -2.22. The van der Waals surface area contributed by atoms with E-state index in [9.17, 15) is 0 Å². The second-order valence-electron chi connectivity index (χ2n) is 4.10. The number of benzene rings is 2. The van der Waals surface area contributed by atoms with E-state index in [0.717, 1.165) is 11.9 Å². The predicted molar refractivity (Wildman–Crippen MR) is 77.6 cm³/mol. The van der Waals surface area contributed by atoms with Gasteiger partial charge in [-0.15, -0.1) is 0 Å². The minimum atomic E-state index is 0.891. The van der Waals surface area contributed by atoms with Gasteiger partial charge in [0, 0.05) is 24.6 Å². The fourth-order valence-electron chi connectivity index (χ4n) is 1.94. The van der Waals surface area contributed by atoms with E-state index in [1.54, 1.807) is 0 Å². The zero-order valence-corrected chi connectivity index (χ0v) is 11.5. The van der Waals surface area contributed by atoms with E-state index in [-0.39, 0.29) is 0 Å². The Morgan fingerprint density at radius 1 is 0.941 bits per heavy atom. The normalized spacial score (nSPS) is 10.2. The third-order valence-corrected chi connectivity index (χ3v) is 3.41. The van der Waals surface area contributed by atoms with Gasteiger partial charge >= 0.3 is 0 Å². The Morgan fingerprint density at radius 3 is 2.29 bits per heavy atom. The van der Waals surface area contributed by atoms with Crippen molar-refractivity contribution in [2.24, 2.45) is 0 Å². The van der Waals surface area contributed by atoms with Gasteiger partial charge in [-0.25, -0.2) is 0 Å². The molecule has 17 heavy (non-hydrogen) atoms. The van der Waals surface area contributed by atoms with E-state index in [1.807, 2.05) is 0 Å². The topological polar surface area (TPSA) is 3.24 Å².